The highest BCUT2D eigenvalue weighted by atomic mass is 35.5. The van der Waals surface area contributed by atoms with Gasteiger partial charge in [0.15, 0.2) is 0 Å². The minimum absolute atomic E-state index is 0. The molecule has 1 aliphatic heterocycles. The number of hydrogen-bond acceptors (Lipinski definition) is 6. The lowest BCUT2D eigenvalue weighted by Gasteiger charge is -2.37. The molecule has 1 amide bonds. The van der Waals surface area contributed by atoms with Crippen LogP contribution in [0.25, 0.3) is 0 Å². The fourth-order valence-electron chi connectivity index (χ4n) is 2.54. The Morgan fingerprint density at radius 1 is 1.50 bits per heavy atom. The average Bonchev–Trinajstić information content (AvgIpc) is 2.96. The Hall–Kier alpha value is -1.22. The summed E-state index contributed by atoms with van der Waals surface area (Å²) in [6.45, 7) is 2.93. The molecule has 0 atom stereocenters. The van der Waals surface area contributed by atoms with Gasteiger partial charge in [-0.25, -0.2) is 0 Å². The van der Waals surface area contributed by atoms with E-state index in [1.165, 1.54) is 12.1 Å². The van der Waals surface area contributed by atoms with E-state index in [1.54, 1.807) is 7.11 Å². The minimum atomic E-state index is -0.485. The number of nitro groups is 1. The van der Waals surface area contributed by atoms with Gasteiger partial charge in [-0.1, -0.05) is 11.3 Å². The number of thiophene rings is 1. The highest BCUT2D eigenvalue weighted by molar-refractivity contribution is 7.17. The molecule has 0 aromatic carbocycles. The summed E-state index contributed by atoms with van der Waals surface area (Å²) >= 11 is 0.893. The molecule has 0 aliphatic carbocycles. The van der Waals surface area contributed by atoms with Gasteiger partial charge in [0.1, 0.15) is 0 Å². The zero-order valence-corrected chi connectivity index (χ0v) is 13.9. The number of piperidine rings is 1. The maximum atomic E-state index is 12.1. The largest absolute Gasteiger partial charge is 0.384 e. The zero-order valence-electron chi connectivity index (χ0n) is 12.3. The van der Waals surface area contributed by atoms with E-state index < -0.39 is 4.92 Å². The molecule has 2 heterocycles. The predicted molar refractivity (Wildman–Crippen MR) is 87.0 cm³/mol. The number of carbonyl (C=O) groups excluding carboxylic acids is 1. The summed E-state index contributed by atoms with van der Waals surface area (Å²) < 4.78 is 5.29. The third-order valence-electron chi connectivity index (χ3n) is 3.73. The van der Waals surface area contributed by atoms with Crippen LogP contribution in [-0.4, -0.2) is 44.2 Å². The van der Waals surface area contributed by atoms with Crippen molar-refractivity contribution in [3.05, 3.63) is 27.1 Å². The molecule has 124 valence electrons. The second-order valence-electron chi connectivity index (χ2n) is 5.26. The van der Waals surface area contributed by atoms with E-state index in [0.29, 0.717) is 18.0 Å². The summed E-state index contributed by atoms with van der Waals surface area (Å²) in [6.07, 6.45) is 1.87. The van der Waals surface area contributed by atoms with Crippen molar-refractivity contribution in [2.45, 2.75) is 12.8 Å². The van der Waals surface area contributed by atoms with E-state index in [1.807, 2.05) is 0 Å². The molecule has 1 aromatic rings. The van der Waals surface area contributed by atoms with Crippen molar-refractivity contribution in [2.24, 2.45) is 5.41 Å². The number of nitrogens with one attached hydrogen (secondary N) is 2. The quantitative estimate of drug-likeness (QED) is 0.603. The summed E-state index contributed by atoms with van der Waals surface area (Å²) in [7, 11) is 1.66. The Morgan fingerprint density at radius 2 is 2.18 bits per heavy atom. The molecule has 0 radical (unpaired) electrons. The second-order valence-corrected chi connectivity index (χ2v) is 6.32. The molecule has 0 bridgehead atoms. The smallest absolute Gasteiger partial charge is 0.324 e. The van der Waals surface area contributed by atoms with Crippen molar-refractivity contribution in [1.29, 1.82) is 0 Å². The van der Waals surface area contributed by atoms with Crippen LogP contribution < -0.4 is 10.6 Å². The lowest BCUT2D eigenvalue weighted by atomic mass is 9.79. The SMILES string of the molecule is COCC1(CNC(=O)c2ccc([N+](=O)[O-])s2)CCNCC1.Cl. The van der Waals surface area contributed by atoms with Crippen LogP contribution >= 0.6 is 23.7 Å². The number of amides is 1. The Kier molecular flexibility index (Phi) is 7.21. The van der Waals surface area contributed by atoms with Crippen molar-refractivity contribution in [3.8, 4) is 0 Å². The molecule has 9 heteroatoms. The van der Waals surface area contributed by atoms with Crippen LogP contribution in [0.5, 0.6) is 0 Å². The average molecular weight is 350 g/mol. The summed E-state index contributed by atoms with van der Waals surface area (Å²) in [5.74, 6) is -0.262. The van der Waals surface area contributed by atoms with Gasteiger partial charge >= 0.3 is 5.00 Å². The van der Waals surface area contributed by atoms with E-state index in [0.717, 1.165) is 37.3 Å². The van der Waals surface area contributed by atoms with E-state index >= 15 is 0 Å². The van der Waals surface area contributed by atoms with Crippen LogP contribution in [0, 0.1) is 15.5 Å². The van der Waals surface area contributed by atoms with Gasteiger partial charge in [0.25, 0.3) is 5.91 Å². The Morgan fingerprint density at radius 3 is 2.73 bits per heavy atom. The first-order valence-electron chi connectivity index (χ1n) is 6.78. The number of nitrogens with zero attached hydrogens (tertiary/aromatic N) is 1. The number of carbonyl (C=O) groups is 1. The molecule has 0 unspecified atom stereocenters. The molecular formula is C13H20ClN3O4S. The van der Waals surface area contributed by atoms with Gasteiger partial charge in [-0.3, -0.25) is 14.9 Å². The third kappa shape index (κ3) is 4.64. The molecule has 0 spiro atoms. The van der Waals surface area contributed by atoms with Crippen LogP contribution in [0.1, 0.15) is 22.5 Å². The molecule has 1 aromatic heterocycles. The Balaban J connectivity index is 0.00000242. The summed E-state index contributed by atoms with van der Waals surface area (Å²) in [5, 5.41) is 16.8. The lowest BCUT2D eigenvalue weighted by Crippen LogP contribution is -2.47. The Bertz CT molecular complexity index is 512. The van der Waals surface area contributed by atoms with Gasteiger partial charge in [0.2, 0.25) is 0 Å². The minimum Gasteiger partial charge on any atom is -0.384 e. The highest BCUT2D eigenvalue weighted by Crippen LogP contribution is 2.29. The van der Waals surface area contributed by atoms with E-state index in [2.05, 4.69) is 10.6 Å². The van der Waals surface area contributed by atoms with E-state index in [9.17, 15) is 14.9 Å². The third-order valence-corrected chi connectivity index (χ3v) is 4.77. The molecular weight excluding hydrogens is 330 g/mol. The van der Waals surface area contributed by atoms with Crippen molar-refractivity contribution >= 4 is 34.7 Å². The Labute approximate surface area is 139 Å². The highest BCUT2D eigenvalue weighted by Gasteiger charge is 2.32. The van der Waals surface area contributed by atoms with Gasteiger partial charge < -0.3 is 15.4 Å². The van der Waals surface area contributed by atoms with Crippen LogP contribution in [0.4, 0.5) is 5.00 Å². The zero-order chi connectivity index (χ0) is 15.3. The maximum Gasteiger partial charge on any atom is 0.324 e. The van der Waals surface area contributed by atoms with Crippen molar-refractivity contribution in [3.63, 3.8) is 0 Å². The van der Waals surface area contributed by atoms with E-state index in [-0.39, 0.29) is 28.7 Å². The van der Waals surface area contributed by atoms with Crippen molar-refractivity contribution in [2.75, 3.05) is 33.4 Å². The molecule has 1 fully saturated rings. The normalized spacial score (nSPS) is 16.6. The van der Waals surface area contributed by atoms with E-state index in [4.69, 9.17) is 4.74 Å². The lowest BCUT2D eigenvalue weighted by molar-refractivity contribution is -0.380. The van der Waals surface area contributed by atoms with Crippen LogP contribution in [0.3, 0.4) is 0 Å². The first-order chi connectivity index (χ1) is 10.1. The van der Waals surface area contributed by atoms with Gasteiger partial charge in [0.05, 0.1) is 16.4 Å². The fourth-order valence-corrected chi connectivity index (χ4v) is 3.28. The molecule has 2 N–H and O–H groups in total. The summed E-state index contributed by atoms with van der Waals surface area (Å²) in [4.78, 5) is 22.6. The molecule has 7 nitrogen and oxygen atoms in total. The van der Waals surface area contributed by atoms with Crippen LogP contribution in [-0.2, 0) is 4.74 Å². The number of methoxy groups -OCH3 is 1. The van der Waals surface area contributed by atoms with Crippen molar-refractivity contribution < 1.29 is 14.5 Å². The molecule has 2 rings (SSSR count). The molecule has 0 saturated carbocycles. The van der Waals surface area contributed by atoms with Gasteiger partial charge in [-0.2, -0.15) is 0 Å². The number of rotatable bonds is 6. The number of ether oxygens (including phenoxy) is 1. The van der Waals surface area contributed by atoms with Crippen LogP contribution in [0.2, 0.25) is 0 Å². The number of hydrogen-bond donors (Lipinski definition) is 2. The van der Waals surface area contributed by atoms with Crippen molar-refractivity contribution in [1.82, 2.24) is 10.6 Å². The summed E-state index contributed by atoms with van der Waals surface area (Å²) in [5.41, 5.74) is -0.0567. The molecule has 1 saturated heterocycles. The predicted octanol–water partition coefficient (Wildman–Crippen LogP) is 1.82. The number of halogens is 1. The molecule has 1 aliphatic rings. The monoisotopic (exact) mass is 349 g/mol. The summed E-state index contributed by atoms with van der Waals surface area (Å²) in [6, 6.07) is 2.85. The first-order valence-corrected chi connectivity index (χ1v) is 7.60. The van der Waals surface area contributed by atoms with Gasteiger partial charge in [-0.15, -0.1) is 12.4 Å². The second kappa shape index (κ2) is 8.42. The molecule has 22 heavy (non-hydrogen) atoms. The van der Waals surface area contributed by atoms with Gasteiger partial charge in [-0.05, 0) is 32.0 Å². The van der Waals surface area contributed by atoms with Gasteiger partial charge in [0, 0.05) is 25.1 Å². The first kappa shape index (κ1) is 18.8. The topological polar surface area (TPSA) is 93.5 Å². The van der Waals surface area contributed by atoms with Crippen LogP contribution in [0.15, 0.2) is 12.1 Å². The maximum absolute atomic E-state index is 12.1. The standard InChI is InChI=1S/C13H19N3O4S.ClH/c1-20-9-13(4-6-14-7-5-13)8-15-12(17)10-2-3-11(21-10)16(18)19;/h2-3,14H,4-9H2,1H3,(H,15,17);1H. The fraction of sp³-hybridized carbons (Fsp3) is 0.615.